The predicted molar refractivity (Wildman–Crippen MR) is 89.7 cm³/mol. The zero-order valence-corrected chi connectivity index (χ0v) is 14.1. The quantitative estimate of drug-likeness (QED) is 0.851. The van der Waals surface area contributed by atoms with Crippen LogP contribution in [0, 0.1) is 5.92 Å². The molecule has 1 atom stereocenters. The van der Waals surface area contributed by atoms with E-state index in [2.05, 4.69) is 21.2 Å². The number of rotatable bonds is 3. The number of amides is 1. The van der Waals surface area contributed by atoms with Gasteiger partial charge in [-0.1, -0.05) is 0 Å². The first-order valence-electron chi connectivity index (χ1n) is 9.20. The van der Waals surface area contributed by atoms with Gasteiger partial charge in [-0.05, 0) is 50.2 Å². The Balaban J connectivity index is 1.39. The molecule has 3 aliphatic rings. The molecule has 2 aliphatic heterocycles. The number of hydrogen-bond acceptors (Lipinski definition) is 4. The highest BCUT2D eigenvalue weighted by molar-refractivity contribution is 5.79. The summed E-state index contributed by atoms with van der Waals surface area (Å²) < 4.78 is 12.8. The van der Waals surface area contributed by atoms with Gasteiger partial charge in [0, 0.05) is 38.0 Å². The average molecular weight is 332 g/mol. The fraction of sp³-hybridized carbons (Fsp3) is 0.722. The first-order chi connectivity index (χ1) is 11.7. The van der Waals surface area contributed by atoms with Gasteiger partial charge in [-0.3, -0.25) is 9.18 Å². The molecule has 24 heavy (non-hydrogen) atoms. The highest BCUT2D eigenvalue weighted by atomic mass is 19.1. The first-order valence-corrected chi connectivity index (χ1v) is 9.20. The summed E-state index contributed by atoms with van der Waals surface area (Å²) in [6.07, 6.45) is 6.88. The van der Waals surface area contributed by atoms with E-state index < -0.39 is 0 Å². The van der Waals surface area contributed by atoms with Gasteiger partial charge >= 0.3 is 0 Å². The SMILES string of the molecule is O=C1CC(CF)CN1C1CCN(c2cc3c(nn2)CCCC3)CC1. The van der Waals surface area contributed by atoms with E-state index in [1.54, 1.807) is 0 Å². The van der Waals surface area contributed by atoms with Gasteiger partial charge < -0.3 is 9.80 Å². The van der Waals surface area contributed by atoms with Gasteiger partial charge in [0.25, 0.3) is 0 Å². The Hall–Kier alpha value is -1.72. The van der Waals surface area contributed by atoms with Crippen molar-refractivity contribution >= 4 is 11.7 Å². The number of halogens is 1. The molecule has 0 radical (unpaired) electrons. The summed E-state index contributed by atoms with van der Waals surface area (Å²) in [6, 6.07) is 2.47. The smallest absolute Gasteiger partial charge is 0.223 e. The summed E-state index contributed by atoms with van der Waals surface area (Å²) in [5.41, 5.74) is 2.52. The van der Waals surface area contributed by atoms with Crippen molar-refractivity contribution in [2.24, 2.45) is 5.92 Å². The van der Waals surface area contributed by atoms with Gasteiger partial charge in [0.15, 0.2) is 5.82 Å². The Bertz CT molecular complexity index is 615. The minimum absolute atomic E-state index is 0.0953. The van der Waals surface area contributed by atoms with E-state index in [0.717, 1.165) is 44.6 Å². The van der Waals surface area contributed by atoms with E-state index in [-0.39, 0.29) is 24.5 Å². The molecule has 2 saturated heterocycles. The van der Waals surface area contributed by atoms with Gasteiger partial charge in [-0.25, -0.2) is 0 Å². The van der Waals surface area contributed by atoms with Crippen molar-refractivity contribution in [3.63, 3.8) is 0 Å². The average Bonchev–Trinajstić information content (AvgIpc) is 3.02. The van der Waals surface area contributed by atoms with Gasteiger partial charge in [0.05, 0.1) is 12.4 Å². The number of anilines is 1. The van der Waals surface area contributed by atoms with Crippen LogP contribution in [-0.4, -0.2) is 53.4 Å². The Labute approximate surface area is 142 Å². The van der Waals surface area contributed by atoms with Gasteiger partial charge in [-0.2, -0.15) is 5.10 Å². The second-order valence-corrected chi connectivity index (χ2v) is 7.37. The molecular weight excluding hydrogens is 307 g/mol. The lowest BCUT2D eigenvalue weighted by atomic mass is 9.96. The van der Waals surface area contributed by atoms with Crippen LogP contribution in [-0.2, 0) is 17.6 Å². The summed E-state index contributed by atoms with van der Waals surface area (Å²) in [7, 11) is 0. The van der Waals surface area contributed by atoms with Crippen LogP contribution in [0.15, 0.2) is 6.07 Å². The van der Waals surface area contributed by atoms with Crippen molar-refractivity contribution < 1.29 is 9.18 Å². The maximum absolute atomic E-state index is 12.8. The molecule has 1 aromatic heterocycles. The fourth-order valence-corrected chi connectivity index (χ4v) is 4.30. The molecule has 4 rings (SSSR count). The molecule has 0 bridgehead atoms. The number of nitrogens with zero attached hydrogens (tertiary/aromatic N) is 4. The minimum Gasteiger partial charge on any atom is -0.355 e. The molecule has 0 N–H and O–H groups in total. The van der Waals surface area contributed by atoms with Crippen molar-refractivity contribution in [1.29, 1.82) is 0 Å². The molecule has 6 heteroatoms. The summed E-state index contributed by atoms with van der Waals surface area (Å²) in [5.74, 6) is 1.01. The summed E-state index contributed by atoms with van der Waals surface area (Å²) in [4.78, 5) is 16.3. The molecular formula is C18H25FN4O. The Kier molecular flexibility index (Phi) is 4.37. The zero-order chi connectivity index (χ0) is 16.5. The number of aromatic nitrogens is 2. The molecule has 130 valence electrons. The van der Waals surface area contributed by atoms with E-state index in [1.807, 2.05) is 4.90 Å². The highest BCUT2D eigenvalue weighted by Crippen LogP contribution is 2.28. The molecule has 1 amide bonds. The number of alkyl halides is 1. The second-order valence-electron chi connectivity index (χ2n) is 7.37. The van der Waals surface area contributed by atoms with Crippen molar-refractivity contribution in [2.75, 3.05) is 31.2 Å². The standard InChI is InChI=1S/C18H25FN4O/c19-11-13-9-18(24)23(12-13)15-5-7-22(8-6-15)17-10-14-3-1-2-4-16(14)20-21-17/h10,13,15H,1-9,11-12H2. The number of carbonyl (C=O) groups is 1. The molecule has 0 spiro atoms. The number of fused-ring (bicyclic) bond motifs is 1. The third-order valence-corrected chi connectivity index (χ3v) is 5.74. The monoisotopic (exact) mass is 332 g/mol. The van der Waals surface area contributed by atoms with Crippen molar-refractivity contribution in [3.05, 3.63) is 17.3 Å². The molecule has 5 nitrogen and oxygen atoms in total. The van der Waals surface area contributed by atoms with Crippen LogP contribution in [0.5, 0.6) is 0 Å². The van der Waals surface area contributed by atoms with Crippen molar-refractivity contribution in [1.82, 2.24) is 15.1 Å². The molecule has 2 fully saturated rings. The lowest BCUT2D eigenvalue weighted by Crippen LogP contribution is -2.46. The molecule has 0 aromatic carbocycles. The van der Waals surface area contributed by atoms with Crippen LogP contribution >= 0.6 is 0 Å². The highest BCUT2D eigenvalue weighted by Gasteiger charge is 2.36. The van der Waals surface area contributed by atoms with Crippen LogP contribution in [0.1, 0.15) is 43.4 Å². The molecule has 1 aromatic rings. The van der Waals surface area contributed by atoms with Crippen molar-refractivity contribution in [2.45, 2.75) is 51.0 Å². The van der Waals surface area contributed by atoms with E-state index in [9.17, 15) is 9.18 Å². The Morgan fingerprint density at radius 2 is 1.96 bits per heavy atom. The Morgan fingerprint density at radius 1 is 1.17 bits per heavy atom. The van der Waals surface area contributed by atoms with Crippen LogP contribution < -0.4 is 4.90 Å². The van der Waals surface area contributed by atoms with Crippen molar-refractivity contribution in [3.8, 4) is 0 Å². The van der Waals surface area contributed by atoms with Crippen LogP contribution in [0.3, 0.4) is 0 Å². The number of likely N-dealkylation sites (tertiary alicyclic amines) is 1. The first kappa shape index (κ1) is 15.8. The Morgan fingerprint density at radius 3 is 2.71 bits per heavy atom. The summed E-state index contributed by atoms with van der Waals surface area (Å²) in [5, 5.41) is 8.85. The normalized spacial score (nSPS) is 25.2. The minimum atomic E-state index is -0.383. The number of hydrogen-bond donors (Lipinski definition) is 0. The fourth-order valence-electron chi connectivity index (χ4n) is 4.30. The zero-order valence-electron chi connectivity index (χ0n) is 14.1. The number of piperidine rings is 1. The van der Waals surface area contributed by atoms with E-state index in [1.165, 1.54) is 24.1 Å². The third kappa shape index (κ3) is 2.98. The molecule has 1 aliphatic carbocycles. The number of aryl methyl sites for hydroxylation is 2. The van der Waals surface area contributed by atoms with E-state index in [0.29, 0.717) is 13.0 Å². The van der Waals surface area contributed by atoms with Gasteiger partial charge in [-0.15, -0.1) is 5.10 Å². The predicted octanol–water partition coefficient (Wildman–Crippen LogP) is 2.14. The molecule has 1 unspecified atom stereocenters. The summed E-state index contributed by atoms with van der Waals surface area (Å²) in [6.45, 7) is 1.99. The summed E-state index contributed by atoms with van der Waals surface area (Å²) >= 11 is 0. The lowest BCUT2D eigenvalue weighted by molar-refractivity contribution is -0.130. The van der Waals surface area contributed by atoms with Gasteiger partial charge in [0.2, 0.25) is 5.91 Å². The van der Waals surface area contributed by atoms with Crippen LogP contribution in [0.4, 0.5) is 10.2 Å². The number of carbonyl (C=O) groups excluding carboxylic acids is 1. The molecule has 3 heterocycles. The third-order valence-electron chi connectivity index (χ3n) is 5.74. The lowest BCUT2D eigenvalue weighted by Gasteiger charge is -2.37. The molecule has 0 saturated carbocycles. The van der Waals surface area contributed by atoms with Gasteiger partial charge in [0.1, 0.15) is 0 Å². The van der Waals surface area contributed by atoms with E-state index >= 15 is 0 Å². The topological polar surface area (TPSA) is 49.3 Å². The maximum Gasteiger partial charge on any atom is 0.223 e. The van der Waals surface area contributed by atoms with Crippen LogP contribution in [0.25, 0.3) is 0 Å². The largest absolute Gasteiger partial charge is 0.355 e. The van der Waals surface area contributed by atoms with E-state index in [4.69, 9.17) is 0 Å². The second kappa shape index (κ2) is 6.65. The maximum atomic E-state index is 12.8. The van der Waals surface area contributed by atoms with Crippen LogP contribution in [0.2, 0.25) is 0 Å².